The van der Waals surface area contributed by atoms with Crippen molar-refractivity contribution in [3.8, 4) is 11.3 Å². The maximum atomic E-state index is 12.5. The van der Waals surface area contributed by atoms with Gasteiger partial charge in [-0.1, -0.05) is 17.7 Å². The summed E-state index contributed by atoms with van der Waals surface area (Å²) in [4.78, 5) is 14.2. The van der Waals surface area contributed by atoms with Crippen LogP contribution in [0.5, 0.6) is 0 Å². The zero-order valence-corrected chi connectivity index (χ0v) is 14.4. The summed E-state index contributed by atoms with van der Waals surface area (Å²) in [6.07, 6.45) is 0. The molecule has 0 N–H and O–H groups in total. The van der Waals surface area contributed by atoms with Gasteiger partial charge in [-0.05, 0) is 51.8 Å². The fraction of sp³-hybridized carbons (Fsp3) is 0.444. The largest absolute Gasteiger partial charge is 0.341 e. The van der Waals surface area contributed by atoms with Crippen LogP contribution >= 0.6 is 0 Å². The Morgan fingerprint density at radius 1 is 1.14 bits per heavy atom. The molecule has 0 saturated heterocycles. The Balaban J connectivity index is 2.55. The number of amides is 1. The minimum atomic E-state index is 0.0190. The van der Waals surface area contributed by atoms with Crippen LogP contribution in [-0.4, -0.2) is 34.2 Å². The third-order valence-corrected chi connectivity index (χ3v) is 4.05. The normalized spacial score (nSPS) is 10.8. The van der Waals surface area contributed by atoms with E-state index in [0.717, 1.165) is 11.3 Å². The molecule has 118 valence electrons. The summed E-state index contributed by atoms with van der Waals surface area (Å²) in [7, 11) is 1.82. The lowest BCUT2D eigenvalue weighted by Gasteiger charge is -2.14. The molecule has 2 aromatic rings. The highest BCUT2D eigenvalue weighted by molar-refractivity contribution is 5.93. The van der Waals surface area contributed by atoms with Gasteiger partial charge in [0.15, 0.2) is 0 Å². The van der Waals surface area contributed by atoms with Gasteiger partial charge in [-0.3, -0.25) is 9.48 Å². The van der Waals surface area contributed by atoms with Crippen LogP contribution in [0.4, 0.5) is 0 Å². The second-order valence-corrected chi connectivity index (χ2v) is 5.82. The third-order valence-electron chi connectivity index (χ3n) is 4.05. The van der Waals surface area contributed by atoms with E-state index < -0.39 is 0 Å². The van der Waals surface area contributed by atoms with E-state index in [1.54, 1.807) is 9.58 Å². The first-order valence-corrected chi connectivity index (χ1v) is 7.80. The molecule has 0 atom stereocenters. The van der Waals surface area contributed by atoms with Crippen molar-refractivity contribution in [2.75, 3.05) is 13.6 Å². The van der Waals surface area contributed by atoms with Gasteiger partial charge in [-0.15, -0.1) is 0 Å². The maximum Gasteiger partial charge on any atom is 0.271 e. The molecule has 0 spiro atoms. The highest BCUT2D eigenvalue weighted by Gasteiger charge is 2.19. The molecule has 22 heavy (non-hydrogen) atoms. The van der Waals surface area contributed by atoms with E-state index in [0.29, 0.717) is 18.8 Å². The van der Waals surface area contributed by atoms with Crippen LogP contribution < -0.4 is 0 Å². The molecule has 1 heterocycles. The number of hydrogen-bond acceptors (Lipinski definition) is 2. The Hall–Kier alpha value is -2.10. The molecule has 0 bridgehead atoms. The molecule has 4 heteroatoms. The molecule has 1 amide bonds. The predicted octanol–water partition coefficient (Wildman–Crippen LogP) is 3.59. The zero-order chi connectivity index (χ0) is 16.4. The van der Waals surface area contributed by atoms with Gasteiger partial charge in [-0.2, -0.15) is 5.10 Å². The monoisotopic (exact) mass is 299 g/mol. The fourth-order valence-corrected chi connectivity index (χ4v) is 2.88. The number of benzene rings is 1. The number of rotatable bonds is 4. The average molecular weight is 299 g/mol. The highest BCUT2D eigenvalue weighted by Crippen LogP contribution is 2.28. The van der Waals surface area contributed by atoms with E-state index in [1.165, 1.54) is 16.7 Å². The van der Waals surface area contributed by atoms with E-state index in [-0.39, 0.29) is 5.91 Å². The molecule has 0 unspecified atom stereocenters. The van der Waals surface area contributed by atoms with E-state index in [4.69, 9.17) is 0 Å². The van der Waals surface area contributed by atoms with Crippen LogP contribution in [0.25, 0.3) is 11.3 Å². The molecule has 1 aromatic heterocycles. The van der Waals surface area contributed by atoms with Crippen LogP contribution in [-0.2, 0) is 6.54 Å². The van der Waals surface area contributed by atoms with Crippen LogP contribution in [0.2, 0.25) is 0 Å². The standard InChI is InChI=1S/C18H25N3O/c1-7-20(6)18(22)16-11-15(19-21(16)8-2)17-13(4)9-12(3)10-14(17)5/h9-11H,7-8H2,1-6H3. The molecular weight excluding hydrogens is 274 g/mol. The van der Waals surface area contributed by atoms with Crippen molar-refractivity contribution in [2.24, 2.45) is 0 Å². The van der Waals surface area contributed by atoms with Gasteiger partial charge >= 0.3 is 0 Å². The van der Waals surface area contributed by atoms with Crippen LogP contribution in [0, 0.1) is 20.8 Å². The first-order chi connectivity index (χ1) is 10.4. The summed E-state index contributed by atoms with van der Waals surface area (Å²) in [5.74, 6) is 0.0190. The lowest BCUT2D eigenvalue weighted by molar-refractivity contribution is 0.0790. The van der Waals surface area contributed by atoms with Gasteiger partial charge in [0.05, 0.1) is 5.69 Å². The van der Waals surface area contributed by atoms with E-state index in [1.807, 2.05) is 27.0 Å². The summed E-state index contributed by atoms with van der Waals surface area (Å²) in [5, 5.41) is 4.66. The predicted molar refractivity (Wildman–Crippen MR) is 90.2 cm³/mol. The van der Waals surface area contributed by atoms with E-state index >= 15 is 0 Å². The van der Waals surface area contributed by atoms with Gasteiger partial charge in [0.25, 0.3) is 5.91 Å². The first-order valence-electron chi connectivity index (χ1n) is 7.80. The van der Waals surface area contributed by atoms with Crippen molar-refractivity contribution in [2.45, 2.75) is 41.2 Å². The molecular formula is C18H25N3O. The molecule has 1 aromatic carbocycles. The lowest BCUT2D eigenvalue weighted by Crippen LogP contribution is -2.28. The average Bonchev–Trinajstić information content (AvgIpc) is 2.88. The summed E-state index contributed by atoms with van der Waals surface area (Å²) in [6.45, 7) is 11.6. The van der Waals surface area contributed by atoms with Gasteiger partial charge < -0.3 is 4.90 Å². The van der Waals surface area contributed by atoms with Crippen molar-refractivity contribution < 1.29 is 4.79 Å². The van der Waals surface area contributed by atoms with Crippen LogP contribution in [0.3, 0.4) is 0 Å². The third kappa shape index (κ3) is 2.91. The molecule has 0 aliphatic carbocycles. The molecule has 4 nitrogen and oxygen atoms in total. The molecule has 0 aliphatic heterocycles. The van der Waals surface area contributed by atoms with E-state index in [2.05, 4.69) is 38.0 Å². The number of nitrogens with zero attached hydrogens (tertiary/aromatic N) is 3. The fourth-order valence-electron chi connectivity index (χ4n) is 2.88. The van der Waals surface area contributed by atoms with Crippen molar-refractivity contribution in [3.05, 3.63) is 40.6 Å². The lowest BCUT2D eigenvalue weighted by atomic mass is 9.97. The number of hydrogen-bond donors (Lipinski definition) is 0. The second-order valence-electron chi connectivity index (χ2n) is 5.82. The van der Waals surface area contributed by atoms with Gasteiger partial charge in [0.2, 0.25) is 0 Å². The highest BCUT2D eigenvalue weighted by atomic mass is 16.2. The number of carbonyl (C=O) groups is 1. The molecule has 0 fully saturated rings. The smallest absolute Gasteiger partial charge is 0.271 e. The quantitative estimate of drug-likeness (QED) is 0.865. The Morgan fingerprint density at radius 3 is 2.23 bits per heavy atom. The first kappa shape index (κ1) is 16.3. The zero-order valence-electron chi connectivity index (χ0n) is 14.4. The Morgan fingerprint density at radius 2 is 1.73 bits per heavy atom. The minimum Gasteiger partial charge on any atom is -0.341 e. The Labute approximate surface area is 132 Å². The van der Waals surface area contributed by atoms with E-state index in [9.17, 15) is 4.79 Å². The number of carbonyl (C=O) groups excluding carboxylic acids is 1. The van der Waals surface area contributed by atoms with Crippen LogP contribution in [0.1, 0.15) is 41.0 Å². The second kappa shape index (κ2) is 6.34. The van der Waals surface area contributed by atoms with Gasteiger partial charge in [-0.25, -0.2) is 0 Å². The Bertz CT molecular complexity index is 677. The molecule has 0 saturated carbocycles. The van der Waals surface area contributed by atoms with Crippen molar-refractivity contribution in [1.82, 2.24) is 14.7 Å². The minimum absolute atomic E-state index is 0.0190. The number of aromatic nitrogens is 2. The topological polar surface area (TPSA) is 38.1 Å². The van der Waals surface area contributed by atoms with Crippen molar-refractivity contribution in [1.29, 1.82) is 0 Å². The number of aryl methyl sites for hydroxylation is 4. The summed E-state index contributed by atoms with van der Waals surface area (Å²) in [5.41, 5.74) is 6.30. The van der Waals surface area contributed by atoms with Gasteiger partial charge in [0, 0.05) is 25.7 Å². The van der Waals surface area contributed by atoms with Crippen molar-refractivity contribution >= 4 is 5.91 Å². The summed E-state index contributed by atoms with van der Waals surface area (Å²) in [6, 6.07) is 6.24. The van der Waals surface area contributed by atoms with Gasteiger partial charge in [0.1, 0.15) is 5.69 Å². The van der Waals surface area contributed by atoms with Crippen molar-refractivity contribution in [3.63, 3.8) is 0 Å². The maximum absolute atomic E-state index is 12.5. The Kier molecular flexibility index (Phi) is 4.69. The van der Waals surface area contributed by atoms with Crippen LogP contribution in [0.15, 0.2) is 18.2 Å². The molecule has 0 radical (unpaired) electrons. The molecule has 2 rings (SSSR count). The summed E-state index contributed by atoms with van der Waals surface area (Å²) < 4.78 is 1.79. The molecule has 0 aliphatic rings. The summed E-state index contributed by atoms with van der Waals surface area (Å²) >= 11 is 0. The SMILES string of the molecule is CCN(C)C(=O)c1cc(-c2c(C)cc(C)cc2C)nn1CC.